The molecule has 7 heteroatoms. The van der Waals surface area contributed by atoms with Crippen molar-refractivity contribution in [3.8, 4) is 0 Å². The third-order valence-electron chi connectivity index (χ3n) is 2.32. The molecule has 1 aromatic rings. The molecule has 0 aromatic heterocycles. The monoisotopic (exact) mass is 626 g/mol. The normalized spacial score (nSPS) is 11.7. The predicted octanol–water partition coefficient (Wildman–Crippen LogP) is 4.17. The largest absolute Gasteiger partial charge is 0.458 e. The molecule has 0 N–H and O–H groups in total. The van der Waals surface area contributed by atoms with E-state index in [9.17, 15) is 9.59 Å². The summed E-state index contributed by atoms with van der Waals surface area (Å²) in [7, 11) is 0. The van der Waals surface area contributed by atoms with Gasteiger partial charge in [-0.05, 0) is 93.8 Å². The molecule has 114 valence electrons. The van der Waals surface area contributed by atoms with Gasteiger partial charge in [0, 0.05) is 16.3 Å². The average Bonchev–Trinajstić information content (AvgIpc) is 2.39. The minimum absolute atomic E-state index is 0.00991. The van der Waals surface area contributed by atoms with Crippen LogP contribution in [-0.4, -0.2) is 24.6 Å². The third kappa shape index (κ3) is 6.00. The van der Waals surface area contributed by atoms with Gasteiger partial charge in [-0.3, -0.25) is 0 Å². The van der Waals surface area contributed by atoms with E-state index in [0.717, 1.165) is 10.7 Å². The number of halogens is 3. The first-order valence-electron chi connectivity index (χ1n) is 5.90. The second kappa shape index (κ2) is 8.65. The fourth-order valence-corrected chi connectivity index (χ4v) is 3.67. The zero-order valence-electron chi connectivity index (χ0n) is 11.4. The molecular formula is C14H13I3O4. The molecule has 0 radical (unpaired) electrons. The quantitative estimate of drug-likeness (QED) is 0.214. The zero-order chi connectivity index (χ0) is 16.2. The highest BCUT2D eigenvalue weighted by Gasteiger charge is 2.17. The van der Waals surface area contributed by atoms with Gasteiger partial charge in [-0.25, -0.2) is 9.59 Å². The molecule has 0 fully saturated rings. The Balaban J connectivity index is 2.66. The van der Waals surface area contributed by atoms with Crippen molar-refractivity contribution in [3.05, 3.63) is 40.6 Å². The van der Waals surface area contributed by atoms with Crippen molar-refractivity contribution in [1.82, 2.24) is 0 Å². The third-order valence-corrected chi connectivity index (χ3v) is 5.99. The molecule has 0 heterocycles. The van der Waals surface area contributed by atoms with Crippen molar-refractivity contribution in [2.45, 2.75) is 20.0 Å². The summed E-state index contributed by atoms with van der Waals surface area (Å²) in [6.07, 6.45) is -0.516. The number of hydrogen-bond acceptors (Lipinski definition) is 4. The van der Waals surface area contributed by atoms with Gasteiger partial charge in [0.25, 0.3) is 0 Å². The lowest BCUT2D eigenvalue weighted by molar-refractivity contribution is -0.145. The van der Waals surface area contributed by atoms with Crippen LogP contribution >= 0.6 is 67.8 Å². The van der Waals surface area contributed by atoms with Gasteiger partial charge in [0.05, 0.1) is 5.56 Å². The molecule has 0 aliphatic heterocycles. The van der Waals surface area contributed by atoms with Crippen LogP contribution in [0.4, 0.5) is 0 Å². The molecule has 0 aliphatic rings. The van der Waals surface area contributed by atoms with E-state index in [0.29, 0.717) is 11.1 Å². The summed E-state index contributed by atoms with van der Waals surface area (Å²) in [6, 6.07) is 3.76. The van der Waals surface area contributed by atoms with Crippen LogP contribution < -0.4 is 0 Å². The lowest BCUT2D eigenvalue weighted by Gasteiger charge is -2.14. The maximum atomic E-state index is 12.1. The van der Waals surface area contributed by atoms with Crippen molar-refractivity contribution in [3.63, 3.8) is 0 Å². The van der Waals surface area contributed by atoms with Gasteiger partial charge in [0.2, 0.25) is 0 Å². The van der Waals surface area contributed by atoms with Crippen LogP contribution in [-0.2, 0) is 14.3 Å². The Bertz CT molecular complexity index is 584. The van der Waals surface area contributed by atoms with Crippen LogP contribution in [0.25, 0.3) is 0 Å². The SMILES string of the molecule is C=C(C)C(=O)OC(C)COC(=O)c1cc(I)cc(I)c1I. The second-order valence-corrected chi connectivity index (χ2v) is 7.83. The summed E-state index contributed by atoms with van der Waals surface area (Å²) >= 11 is 6.44. The highest BCUT2D eigenvalue weighted by molar-refractivity contribution is 14.1. The van der Waals surface area contributed by atoms with Gasteiger partial charge in [-0.2, -0.15) is 0 Å². The summed E-state index contributed by atoms with van der Waals surface area (Å²) in [4.78, 5) is 23.4. The van der Waals surface area contributed by atoms with Gasteiger partial charge >= 0.3 is 11.9 Å². The molecule has 0 aliphatic carbocycles. The molecule has 1 unspecified atom stereocenters. The minimum atomic E-state index is -0.516. The van der Waals surface area contributed by atoms with Crippen molar-refractivity contribution in [2.24, 2.45) is 0 Å². The van der Waals surface area contributed by atoms with Crippen LogP contribution in [0.15, 0.2) is 24.3 Å². The molecule has 1 atom stereocenters. The number of esters is 2. The maximum absolute atomic E-state index is 12.1. The fraction of sp³-hybridized carbons (Fsp3) is 0.286. The van der Waals surface area contributed by atoms with Crippen molar-refractivity contribution >= 4 is 79.7 Å². The fourth-order valence-electron chi connectivity index (χ4n) is 1.29. The van der Waals surface area contributed by atoms with Crippen LogP contribution in [0.3, 0.4) is 0 Å². The van der Waals surface area contributed by atoms with E-state index < -0.39 is 18.0 Å². The number of rotatable bonds is 5. The van der Waals surface area contributed by atoms with Gasteiger partial charge < -0.3 is 9.47 Å². The standard InChI is InChI=1S/C14H13I3O4/c1-7(2)13(18)21-8(3)6-20-14(19)10-4-9(15)5-11(16)12(10)17/h4-5,8H,1,6H2,2-3H3. The van der Waals surface area contributed by atoms with E-state index in [4.69, 9.17) is 9.47 Å². The summed E-state index contributed by atoms with van der Waals surface area (Å²) in [5.41, 5.74) is 0.834. The zero-order valence-corrected chi connectivity index (χ0v) is 17.9. The Labute approximate surface area is 164 Å². The van der Waals surface area contributed by atoms with E-state index in [1.54, 1.807) is 19.9 Å². The molecule has 21 heavy (non-hydrogen) atoms. The Morgan fingerprint density at radius 2 is 1.90 bits per heavy atom. The Kier molecular flexibility index (Phi) is 7.88. The van der Waals surface area contributed by atoms with Crippen molar-refractivity contribution < 1.29 is 19.1 Å². The molecule has 0 saturated carbocycles. The van der Waals surface area contributed by atoms with Gasteiger partial charge in [-0.1, -0.05) is 6.58 Å². The first-order valence-corrected chi connectivity index (χ1v) is 9.14. The van der Waals surface area contributed by atoms with Crippen LogP contribution in [0, 0.1) is 10.7 Å². The highest BCUT2D eigenvalue weighted by Crippen LogP contribution is 2.23. The van der Waals surface area contributed by atoms with E-state index >= 15 is 0 Å². The van der Waals surface area contributed by atoms with Crippen molar-refractivity contribution in [1.29, 1.82) is 0 Å². The number of hydrogen-bond donors (Lipinski definition) is 0. The Morgan fingerprint density at radius 3 is 2.48 bits per heavy atom. The summed E-state index contributed by atoms with van der Waals surface area (Å²) in [5, 5.41) is 0. The number of benzene rings is 1. The number of ether oxygens (including phenoxy) is 2. The van der Waals surface area contributed by atoms with E-state index in [-0.39, 0.29) is 6.61 Å². The lowest BCUT2D eigenvalue weighted by Crippen LogP contribution is -2.23. The van der Waals surface area contributed by atoms with Crippen molar-refractivity contribution in [2.75, 3.05) is 6.61 Å². The highest BCUT2D eigenvalue weighted by atomic mass is 127. The summed E-state index contributed by atoms with van der Waals surface area (Å²) in [5.74, 6) is -0.911. The van der Waals surface area contributed by atoms with Crippen LogP contribution in [0.1, 0.15) is 24.2 Å². The molecule has 0 bridgehead atoms. The first-order chi connectivity index (χ1) is 9.72. The summed E-state index contributed by atoms with van der Waals surface area (Å²) in [6.45, 7) is 6.74. The summed E-state index contributed by atoms with van der Waals surface area (Å²) < 4.78 is 13.1. The molecule has 1 rings (SSSR count). The first kappa shape index (κ1) is 19.1. The van der Waals surface area contributed by atoms with E-state index in [1.165, 1.54) is 0 Å². The smallest absolute Gasteiger partial charge is 0.339 e. The predicted molar refractivity (Wildman–Crippen MR) is 105 cm³/mol. The van der Waals surface area contributed by atoms with E-state index in [2.05, 4.69) is 74.4 Å². The number of carbonyl (C=O) groups is 2. The minimum Gasteiger partial charge on any atom is -0.458 e. The molecule has 0 saturated heterocycles. The Hall–Kier alpha value is 0.0900. The second-order valence-electron chi connectivity index (χ2n) is 4.34. The lowest BCUT2D eigenvalue weighted by atomic mass is 10.2. The topological polar surface area (TPSA) is 52.6 Å². The molecule has 0 spiro atoms. The van der Waals surface area contributed by atoms with Crippen LogP contribution in [0.5, 0.6) is 0 Å². The van der Waals surface area contributed by atoms with Gasteiger partial charge in [-0.15, -0.1) is 0 Å². The molecule has 0 amide bonds. The number of carbonyl (C=O) groups excluding carboxylic acids is 2. The van der Waals surface area contributed by atoms with Gasteiger partial charge in [0.1, 0.15) is 12.7 Å². The van der Waals surface area contributed by atoms with Crippen LogP contribution in [0.2, 0.25) is 0 Å². The Morgan fingerprint density at radius 1 is 1.29 bits per heavy atom. The van der Waals surface area contributed by atoms with E-state index in [1.807, 2.05) is 6.07 Å². The van der Waals surface area contributed by atoms with Gasteiger partial charge in [0.15, 0.2) is 0 Å². The molecule has 1 aromatic carbocycles. The molecule has 4 nitrogen and oxygen atoms in total. The molecular weight excluding hydrogens is 613 g/mol. The maximum Gasteiger partial charge on any atom is 0.339 e. The average molecular weight is 626 g/mol.